The van der Waals surface area contributed by atoms with Gasteiger partial charge in [-0.25, -0.2) is 0 Å². The van der Waals surface area contributed by atoms with Crippen LogP contribution in [0.25, 0.3) is 0 Å². The van der Waals surface area contributed by atoms with Gasteiger partial charge in [-0.15, -0.1) is 0 Å². The SMILES string of the molecule is NC(=O)c1ccc(CO)c(CCO)c1. The van der Waals surface area contributed by atoms with Gasteiger partial charge in [0.15, 0.2) is 0 Å². The van der Waals surface area contributed by atoms with Crippen LogP contribution in [0.15, 0.2) is 18.2 Å². The number of primary amides is 1. The van der Waals surface area contributed by atoms with E-state index in [4.69, 9.17) is 15.9 Å². The molecule has 76 valence electrons. The van der Waals surface area contributed by atoms with E-state index in [0.29, 0.717) is 17.5 Å². The van der Waals surface area contributed by atoms with Crippen LogP contribution in [0.3, 0.4) is 0 Å². The molecule has 0 aromatic heterocycles. The van der Waals surface area contributed by atoms with E-state index < -0.39 is 5.91 Å². The average molecular weight is 195 g/mol. The minimum atomic E-state index is -0.506. The number of nitrogens with two attached hydrogens (primary N) is 1. The summed E-state index contributed by atoms with van der Waals surface area (Å²) >= 11 is 0. The molecule has 4 nitrogen and oxygen atoms in total. The van der Waals surface area contributed by atoms with E-state index in [2.05, 4.69) is 0 Å². The Balaban J connectivity index is 3.07. The van der Waals surface area contributed by atoms with Crippen molar-refractivity contribution in [2.24, 2.45) is 5.73 Å². The summed E-state index contributed by atoms with van der Waals surface area (Å²) in [6, 6.07) is 4.81. The lowest BCUT2D eigenvalue weighted by Crippen LogP contribution is -2.12. The van der Waals surface area contributed by atoms with E-state index in [1.165, 1.54) is 0 Å². The Kier molecular flexibility index (Phi) is 3.62. The van der Waals surface area contributed by atoms with E-state index in [9.17, 15) is 4.79 Å². The molecule has 0 radical (unpaired) electrons. The maximum Gasteiger partial charge on any atom is 0.248 e. The monoisotopic (exact) mass is 195 g/mol. The summed E-state index contributed by atoms with van der Waals surface area (Å²) in [7, 11) is 0. The molecule has 0 atom stereocenters. The van der Waals surface area contributed by atoms with Crippen LogP contribution in [-0.4, -0.2) is 22.7 Å². The molecule has 1 aromatic rings. The van der Waals surface area contributed by atoms with Crippen molar-refractivity contribution in [2.45, 2.75) is 13.0 Å². The number of rotatable bonds is 4. The molecule has 0 aliphatic rings. The van der Waals surface area contributed by atoms with Crippen LogP contribution >= 0.6 is 0 Å². The summed E-state index contributed by atoms with van der Waals surface area (Å²) in [5, 5.41) is 17.7. The van der Waals surface area contributed by atoms with Gasteiger partial charge in [-0.3, -0.25) is 4.79 Å². The quantitative estimate of drug-likeness (QED) is 0.622. The molecule has 0 bridgehead atoms. The van der Waals surface area contributed by atoms with Crippen LogP contribution in [0.4, 0.5) is 0 Å². The minimum Gasteiger partial charge on any atom is -0.396 e. The number of carbonyl (C=O) groups excluding carboxylic acids is 1. The number of hydrogen-bond donors (Lipinski definition) is 3. The van der Waals surface area contributed by atoms with Gasteiger partial charge in [0.2, 0.25) is 5.91 Å². The number of amides is 1. The molecule has 4 heteroatoms. The second kappa shape index (κ2) is 4.74. The molecule has 0 aliphatic heterocycles. The van der Waals surface area contributed by atoms with E-state index in [1.54, 1.807) is 18.2 Å². The number of aliphatic hydroxyl groups is 2. The topological polar surface area (TPSA) is 83.6 Å². The van der Waals surface area contributed by atoms with Crippen LogP contribution in [0.5, 0.6) is 0 Å². The van der Waals surface area contributed by atoms with Crippen molar-refractivity contribution in [3.8, 4) is 0 Å². The molecule has 0 spiro atoms. The number of aliphatic hydroxyl groups excluding tert-OH is 2. The van der Waals surface area contributed by atoms with E-state index in [0.717, 1.165) is 5.56 Å². The highest BCUT2D eigenvalue weighted by molar-refractivity contribution is 5.93. The molecule has 0 unspecified atom stereocenters. The highest BCUT2D eigenvalue weighted by atomic mass is 16.3. The van der Waals surface area contributed by atoms with Gasteiger partial charge in [0.05, 0.1) is 6.61 Å². The molecule has 1 amide bonds. The number of carbonyl (C=O) groups is 1. The van der Waals surface area contributed by atoms with Crippen LogP contribution < -0.4 is 5.73 Å². The lowest BCUT2D eigenvalue weighted by atomic mass is 10.0. The maximum atomic E-state index is 10.9. The van der Waals surface area contributed by atoms with Crippen molar-refractivity contribution in [3.05, 3.63) is 34.9 Å². The Hall–Kier alpha value is -1.39. The molecule has 4 N–H and O–H groups in total. The Morgan fingerprint density at radius 1 is 1.29 bits per heavy atom. The van der Waals surface area contributed by atoms with Crippen molar-refractivity contribution in [3.63, 3.8) is 0 Å². The van der Waals surface area contributed by atoms with Crippen molar-refractivity contribution >= 4 is 5.91 Å². The zero-order valence-corrected chi connectivity index (χ0v) is 7.73. The van der Waals surface area contributed by atoms with Gasteiger partial charge in [-0.05, 0) is 29.7 Å². The first-order valence-corrected chi connectivity index (χ1v) is 4.32. The van der Waals surface area contributed by atoms with Gasteiger partial charge in [0.1, 0.15) is 0 Å². The zero-order valence-electron chi connectivity index (χ0n) is 7.73. The van der Waals surface area contributed by atoms with Gasteiger partial charge < -0.3 is 15.9 Å². The van der Waals surface area contributed by atoms with Crippen molar-refractivity contribution < 1.29 is 15.0 Å². The normalized spacial score (nSPS) is 10.1. The lowest BCUT2D eigenvalue weighted by molar-refractivity contribution is 0.1000. The lowest BCUT2D eigenvalue weighted by Gasteiger charge is -2.07. The predicted molar refractivity (Wildman–Crippen MR) is 51.7 cm³/mol. The van der Waals surface area contributed by atoms with Crippen LogP contribution in [0.2, 0.25) is 0 Å². The summed E-state index contributed by atoms with van der Waals surface area (Å²) < 4.78 is 0. The third-order valence-electron chi connectivity index (χ3n) is 2.04. The zero-order chi connectivity index (χ0) is 10.6. The summed E-state index contributed by atoms with van der Waals surface area (Å²) in [6.45, 7) is -0.121. The fourth-order valence-electron chi connectivity index (χ4n) is 1.29. The second-order valence-corrected chi connectivity index (χ2v) is 2.98. The van der Waals surface area contributed by atoms with Gasteiger partial charge in [0.25, 0.3) is 0 Å². The molecule has 0 aliphatic carbocycles. The second-order valence-electron chi connectivity index (χ2n) is 2.98. The molecule has 14 heavy (non-hydrogen) atoms. The molecular formula is C10H13NO3. The molecule has 1 rings (SSSR count). The number of hydrogen-bond acceptors (Lipinski definition) is 3. The highest BCUT2D eigenvalue weighted by Crippen LogP contribution is 2.12. The number of benzene rings is 1. The largest absolute Gasteiger partial charge is 0.396 e. The van der Waals surface area contributed by atoms with Crippen LogP contribution in [0.1, 0.15) is 21.5 Å². The van der Waals surface area contributed by atoms with Gasteiger partial charge in [0, 0.05) is 12.2 Å². The summed E-state index contributed by atoms with van der Waals surface area (Å²) in [6.07, 6.45) is 0.414. The molecule has 0 saturated carbocycles. The first-order valence-electron chi connectivity index (χ1n) is 4.32. The molecule has 1 aromatic carbocycles. The predicted octanol–water partition coefficient (Wildman–Crippen LogP) is -0.187. The molecule has 0 fully saturated rings. The maximum absolute atomic E-state index is 10.9. The van der Waals surface area contributed by atoms with Crippen molar-refractivity contribution in [1.29, 1.82) is 0 Å². The van der Waals surface area contributed by atoms with Crippen molar-refractivity contribution in [1.82, 2.24) is 0 Å². The van der Waals surface area contributed by atoms with E-state index in [1.807, 2.05) is 0 Å². The Morgan fingerprint density at radius 2 is 2.00 bits per heavy atom. The van der Waals surface area contributed by atoms with Gasteiger partial charge in [-0.1, -0.05) is 6.07 Å². The Morgan fingerprint density at radius 3 is 2.50 bits per heavy atom. The molecular weight excluding hydrogens is 182 g/mol. The first kappa shape index (κ1) is 10.7. The average Bonchev–Trinajstić information content (AvgIpc) is 2.18. The fourth-order valence-corrected chi connectivity index (χ4v) is 1.29. The van der Waals surface area contributed by atoms with Crippen molar-refractivity contribution in [2.75, 3.05) is 6.61 Å². The highest BCUT2D eigenvalue weighted by Gasteiger charge is 2.05. The summed E-state index contributed by atoms with van der Waals surface area (Å²) in [5.74, 6) is -0.506. The third kappa shape index (κ3) is 2.31. The Bertz CT molecular complexity index is 336. The van der Waals surface area contributed by atoms with Gasteiger partial charge in [-0.2, -0.15) is 0 Å². The fraction of sp³-hybridized carbons (Fsp3) is 0.300. The first-order chi connectivity index (χ1) is 6.69. The van der Waals surface area contributed by atoms with E-state index in [-0.39, 0.29) is 13.2 Å². The molecule has 0 heterocycles. The minimum absolute atomic E-state index is 0.0186. The van der Waals surface area contributed by atoms with Gasteiger partial charge >= 0.3 is 0 Å². The van der Waals surface area contributed by atoms with Crippen LogP contribution in [-0.2, 0) is 13.0 Å². The summed E-state index contributed by atoms with van der Waals surface area (Å²) in [4.78, 5) is 10.9. The third-order valence-corrected chi connectivity index (χ3v) is 2.04. The smallest absolute Gasteiger partial charge is 0.248 e. The van der Waals surface area contributed by atoms with Crippen LogP contribution in [0, 0.1) is 0 Å². The van der Waals surface area contributed by atoms with E-state index >= 15 is 0 Å². The Labute approximate surface area is 82.0 Å². The standard InChI is InChI=1S/C10H13NO3/c11-10(14)8-1-2-9(6-13)7(5-8)3-4-12/h1-2,5,12-13H,3-4,6H2,(H2,11,14). The molecule has 0 saturated heterocycles. The summed E-state index contributed by atoms with van der Waals surface area (Å²) in [5.41, 5.74) is 6.97.